The van der Waals surface area contributed by atoms with E-state index in [0.29, 0.717) is 24.8 Å². The van der Waals surface area contributed by atoms with Gasteiger partial charge in [0, 0.05) is 18.7 Å². The van der Waals surface area contributed by atoms with Crippen LogP contribution in [-0.2, 0) is 11.3 Å². The average molecular weight is 504 g/mol. The molecule has 4 heterocycles. The molecule has 37 heavy (non-hydrogen) atoms. The first-order valence-electron chi connectivity index (χ1n) is 13.2. The zero-order valence-electron chi connectivity index (χ0n) is 21.6. The minimum atomic E-state index is -0.643. The highest BCUT2D eigenvalue weighted by atomic mass is 16.5. The van der Waals surface area contributed by atoms with Crippen LogP contribution in [0.5, 0.6) is 0 Å². The summed E-state index contributed by atoms with van der Waals surface area (Å²) in [6.07, 6.45) is 4.92. The maximum atomic E-state index is 11.7. The van der Waals surface area contributed by atoms with E-state index >= 15 is 0 Å². The lowest BCUT2D eigenvalue weighted by molar-refractivity contribution is 0.0976. The zero-order chi connectivity index (χ0) is 25.5. The summed E-state index contributed by atoms with van der Waals surface area (Å²) in [6, 6.07) is 8.45. The van der Waals surface area contributed by atoms with Gasteiger partial charge in [-0.1, -0.05) is 43.5 Å². The summed E-state index contributed by atoms with van der Waals surface area (Å²) >= 11 is 0. The first-order chi connectivity index (χ1) is 18.0. The lowest BCUT2D eigenvalue weighted by atomic mass is 9.83. The monoisotopic (exact) mass is 503 g/mol. The summed E-state index contributed by atoms with van der Waals surface area (Å²) in [6.45, 7) is 9.53. The predicted molar refractivity (Wildman–Crippen MR) is 140 cm³/mol. The molecule has 1 saturated heterocycles. The van der Waals surface area contributed by atoms with Crippen molar-refractivity contribution in [3.63, 3.8) is 0 Å². The van der Waals surface area contributed by atoms with Crippen molar-refractivity contribution in [2.45, 2.75) is 59.0 Å². The fourth-order valence-corrected chi connectivity index (χ4v) is 5.63. The smallest absolute Gasteiger partial charge is 0.384 e. The molecule has 4 aromatic rings. The van der Waals surface area contributed by atoms with Crippen molar-refractivity contribution in [1.29, 1.82) is 0 Å². The molecule has 1 aromatic carbocycles. The standard InChI is InChI=1S/C27H33N7O3/c1-16-7-9-19(10-8-16)14-34-22-21(20-6-4-5-17(2)13-20)28-24(25-31-32-27(35)37-25)29-23(22)30-26(34)33-11-12-36-15-18(33)3/h4-6,13,16,18-19H,7-12,14-15H2,1-3H3,(H,32,35)/t16-,18-,19-/m0/s1. The van der Waals surface area contributed by atoms with Crippen molar-refractivity contribution >= 4 is 17.1 Å². The third-order valence-corrected chi connectivity index (χ3v) is 7.70. The van der Waals surface area contributed by atoms with E-state index in [1.807, 2.05) is 6.07 Å². The van der Waals surface area contributed by atoms with E-state index in [0.717, 1.165) is 47.3 Å². The molecular formula is C27H33N7O3. The lowest BCUT2D eigenvalue weighted by Crippen LogP contribution is -2.45. The van der Waals surface area contributed by atoms with Crippen LogP contribution >= 0.6 is 0 Å². The fraction of sp³-hybridized carbons (Fsp3) is 0.519. The van der Waals surface area contributed by atoms with Crippen LogP contribution in [-0.4, -0.2) is 55.5 Å². The van der Waals surface area contributed by atoms with E-state index < -0.39 is 5.76 Å². The van der Waals surface area contributed by atoms with Crippen LogP contribution in [0.2, 0.25) is 0 Å². The second kappa shape index (κ2) is 9.74. The van der Waals surface area contributed by atoms with Crippen molar-refractivity contribution in [2.75, 3.05) is 24.7 Å². The number of aromatic amines is 1. The van der Waals surface area contributed by atoms with Gasteiger partial charge in [-0.2, -0.15) is 4.98 Å². The van der Waals surface area contributed by atoms with Gasteiger partial charge in [0.25, 0.3) is 5.89 Å². The van der Waals surface area contributed by atoms with Crippen LogP contribution in [0.1, 0.15) is 45.1 Å². The molecule has 1 saturated carbocycles. The number of ether oxygens (including phenoxy) is 1. The summed E-state index contributed by atoms with van der Waals surface area (Å²) in [5.74, 6) is 1.90. The van der Waals surface area contributed by atoms with E-state index in [-0.39, 0.29) is 17.8 Å². The first-order valence-corrected chi connectivity index (χ1v) is 13.2. The van der Waals surface area contributed by atoms with E-state index in [2.05, 4.69) is 58.6 Å². The van der Waals surface area contributed by atoms with Crippen LogP contribution < -0.4 is 10.7 Å². The number of rotatable bonds is 5. The lowest BCUT2D eigenvalue weighted by Gasteiger charge is -2.35. The average Bonchev–Trinajstić information content (AvgIpc) is 3.49. The number of H-pyrrole nitrogens is 1. The van der Waals surface area contributed by atoms with E-state index in [1.54, 1.807) is 0 Å². The van der Waals surface area contributed by atoms with Gasteiger partial charge in [-0.15, -0.1) is 5.10 Å². The topological polar surface area (TPSA) is 115 Å². The molecular weight excluding hydrogens is 470 g/mol. The second-order valence-corrected chi connectivity index (χ2v) is 10.6. The number of morpholine rings is 1. The van der Waals surface area contributed by atoms with Gasteiger partial charge in [0.2, 0.25) is 11.8 Å². The Kier molecular flexibility index (Phi) is 6.27. The molecule has 0 spiro atoms. The molecule has 1 atom stereocenters. The number of aryl methyl sites for hydroxylation is 1. The van der Waals surface area contributed by atoms with E-state index in [4.69, 9.17) is 24.1 Å². The second-order valence-electron chi connectivity index (χ2n) is 10.6. The minimum absolute atomic E-state index is 0.0536. The Labute approximate surface area is 215 Å². The Bertz CT molecular complexity index is 1460. The molecule has 0 amide bonds. The van der Waals surface area contributed by atoms with Gasteiger partial charge in [-0.05, 0) is 44.6 Å². The van der Waals surface area contributed by atoms with Crippen molar-refractivity contribution in [3.8, 4) is 23.0 Å². The molecule has 6 rings (SSSR count). The number of hydrogen-bond acceptors (Lipinski definition) is 8. The number of imidazole rings is 1. The van der Waals surface area contributed by atoms with Gasteiger partial charge in [-0.25, -0.2) is 19.9 Å². The summed E-state index contributed by atoms with van der Waals surface area (Å²) in [4.78, 5) is 28.8. The molecule has 1 aliphatic heterocycles. The Balaban J connectivity index is 1.58. The molecule has 10 nitrogen and oxygen atoms in total. The normalized spacial score (nSPS) is 22.6. The molecule has 3 aromatic heterocycles. The number of nitrogens with zero attached hydrogens (tertiary/aromatic N) is 6. The van der Waals surface area contributed by atoms with E-state index in [9.17, 15) is 4.79 Å². The summed E-state index contributed by atoms with van der Waals surface area (Å²) < 4.78 is 13.3. The highest BCUT2D eigenvalue weighted by Crippen LogP contribution is 2.36. The Morgan fingerprint density at radius 1 is 1.11 bits per heavy atom. The van der Waals surface area contributed by atoms with Crippen molar-refractivity contribution < 1.29 is 9.15 Å². The minimum Gasteiger partial charge on any atom is -0.384 e. The molecule has 10 heteroatoms. The van der Waals surface area contributed by atoms with Crippen LogP contribution in [0.3, 0.4) is 0 Å². The van der Waals surface area contributed by atoms with Gasteiger partial charge >= 0.3 is 5.76 Å². The van der Waals surface area contributed by atoms with Crippen LogP contribution in [0.4, 0.5) is 5.95 Å². The number of benzene rings is 1. The Morgan fingerprint density at radius 2 is 1.95 bits per heavy atom. The van der Waals surface area contributed by atoms with Crippen molar-refractivity contribution in [3.05, 3.63) is 40.4 Å². The highest BCUT2D eigenvalue weighted by molar-refractivity contribution is 5.91. The van der Waals surface area contributed by atoms with Gasteiger partial charge in [-0.3, -0.25) is 0 Å². The van der Waals surface area contributed by atoms with Gasteiger partial charge in [0.15, 0.2) is 5.65 Å². The third kappa shape index (κ3) is 4.66. The molecule has 2 fully saturated rings. The number of aromatic nitrogens is 6. The largest absolute Gasteiger partial charge is 0.434 e. The summed E-state index contributed by atoms with van der Waals surface area (Å²) in [5.41, 5.74) is 4.33. The number of fused-ring (bicyclic) bond motifs is 1. The molecule has 0 bridgehead atoms. The SMILES string of the molecule is Cc1cccc(-c2nc(-c3n[nH]c(=O)o3)nc3nc(N4CCOC[C@@H]4C)n(C[C@H]4CC[C@H](C)CC4)c23)c1. The van der Waals surface area contributed by atoms with Gasteiger partial charge in [0.1, 0.15) is 11.2 Å². The quantitative estimate of drug-likeness (QED) is 0.431. The number of hydrogen-bond donors (Lipinski definition) is 1. The summed E-state index contributed by atoms with van der Waals surface area (Å²) in [7, 11) is 0. The third-order valence-electron chi connectivity index (χ3n) is 7.70. The first kappa shape index (κ1) is 23.8. The fourth-order valence-electron chi connectivity index (χ4n) is 5.63. The van der Waals surface area contributed by atoms with Gasteiger partial charge in [0.05, 0.1) is 19.3 Å². The molecule has 1 N–H and O–H groups in total. The van der Waals surface area contributed by atoms with E-state index in [1.165, 1.54) is 25.7 Å². The highest BCUT2D eigenvalue weighted by Gasteiger charge is 2.30. The maximum absolute atomic E-state index is 11.7. The number of anilines is 1. The molecule has 194 valence electrons. The van der Waals surface area contributed by atoms with Crippen LogP contribution in [0, 0.1) is 18.8 Å². The van der Waals surface area contributed by atoms with Gasteiger partial charge < -0.3 is 18.6 Å². The molecule has 0 unspecified atom stereocenters. The van der Waals surface area contributed by atoms with Crippen molar-refractivity contribution in [1.82, 2.24) is 29.7 Å². The van der Waals surface area contributed by atoms with Crippen molar-refractivity contribution in [2.24, 2.45) is 11.8 Å². The zero-order valence-corrected chi connectivity index (χ0v) is 21.6. The number of nitrogens with one attached hydrogen (secondary N) is 1. The predicted octanol–water partition coefficient (Wildman–Crippen LogP) is 4.20. The molecule has 2 aliphatic rings. The molecule has 1 aliphatic carbocycles. The Hall–Kier alpha value is -3.53. The Morgan fingerprint density at radius 3 is 2.68 bits per heavy atom. The van der Waals surface area contributed by atoms with Crippen LogP contribution in [0.25, 0.3) is 34.1 Å². The molecule has 0 radical (unpaired) electrons. The maximum Gasteiger partial charge on any atom is 0.434 e. The summed E-state index contributed by atoms with van der Waals surface area (Å²) in [5, 5.41) is 6.30. The van der Waals surface area contributed by atoms with Crippen LogP contribution in [0.15, 0.2) is 33.5 Å².